The molecule has 41 heavy (non-hydrogen) atoms. The Kier molecular flexibility index (Phi) is 7.22. The van der Waals surface area contributed by atoms with Gasteiger partial charge in [-0.3, -0.25) is 9.69 Å². The van der Waals surface area contributed by atoms with Crippen LogP contribution in [0.3, 0.4) is 0 Å². The molecule has 1 saturated heterocycles. The van der Waals surface area contributed by atoms with E-state index in [1.54, 1.807) is 0 Å². The van der Waals surface area contributed by atoms with Gasteiger partial charge in [0, 0.05) is 34.4 Å². The van der Waals surface area contributed by atoms with E-state index in [-0.39, 0.29) is 11.4 Å². The minimum atomic E-state index is -0.234. The minimum absolute atomic E-state index is 0.0308. The van der Waals surface area contributed by atoms with Crippen LogP contribution >= 0.6 is 0 Å². The molecule has 0 unspecified atom stereocenters. The lowest BCUT2D eigenvalue weighted by Gasteiger charge is -2.33. The van der Waals surface area contributed by atoms with Gasteiger partial charge in [-0.05, 0) is 81.9 Å². The lowest BCUT2D eigenvalue weighted by atomic mass is 9.96. The largest absolute Gasteiger partial charge is 0.461 e. The first-order chi connectivity index (χ1) is 19.8. The highest BCUT2D eigenvalue weighted by Crippen LogP contribution is 2.36. The first-order valence-electron chi connectivity index (χ1n) is 14.4. The monoisotopic (exact) mass is 547 g/mol. The number of carbonyl (C=O) groups excluding carboxylic acids is 1. The average molecular weight is 548 g/mol. The molecule has 1 aromatic heterocycles. The van der Waals surface area contributed by atoms with E-state index in [0.717, 1.165) is 48.4 Å². The highest BCUT2D eigenvalue weighted by atomic mass is 16.5. The van der Waals surface area contributed by atoms with E-state index >= 15 is 0 Å². The molecule has 0 bridgehead atoms. The molecule has 2 aliphatic rings. The molecule has 1 fully saturated rings. The Balaban J connectivity index is 1.37. The summed E-state index contributed by atoms with van der Waals surface area (Å²) in [7, 11) is 2.16. The van der Waals surface area contributed by atoms with Gasteiger partial charge in [-0.1, -0.05) is 49.0 Å². The number of anilines is 2. The number of likely N-dealkylation sites (N-methyl/N-ethyl adjacent to an activating group) is 1. The second-order valence-electron chi connectivity index (χ2n) is 11.5. The van der Waals surface area contributed by atoms with Crippen LogP contribution in [0, 0.1) is 6.92 Å². The second-order valence-corrected chi connectivity index (χ2v) is 11.5. The molecule has 1 amide bonds. The summed E-state index contributed by atoms with van der Waals surface area (Å²) in [5.41, 5.74) is 7.21. The maximum absolute atomic E-state index is 11.8. The van der Waals surface area contributed by atoms with Crippen LogP contribution in [-0.2, 0) is 17.8 Å². The summed E-state index contributed by atoms with van der Waals surface area (Å²) in [4.78, 5) is 26.5. The van der Waals surface area contributed by atoms with Crippen molar-refractivity contribution in [3.05, 3.63) is 90.1 Å². The molecule has 3 heterocycles. The third-order valence-corrected chi connectivity index (χ3v) is 8.73. The highest BCUT2D eigenvalue weighted by molar-refractivity contribution is 5.99. The smallest absolute Gasteiger partial charge is 0.317 e. The fraction of sp³-hybridized carbons (Fsp3) is 0.324. The van der Waals surface area contributed by atoms with Crippen LogP contribution < -0.4 is 15.0 Å². The molecule has 210 valence electrons. The fourth-order valence-electron chi connectivity index (χ4n) is 6.15. The van der Waals surface area contributed by atoms with E-state index in [0.29, 0.717) is 24.8 Å². The van der Waals surface area contributed by atoms with E-state index in [4.69, 9.17) is 14.7 Å². The zero-order valence-electron chi connectivity index (χ0n) is 24.1. The van der Waals surface area contributed by atoms with Gasteiger partial charge in [-0.2, -0.15) is 9.97 Å². The summed E-state index contributed by atoms with van der Waals surface area (Å²) in [6, 6.07) is 21.2. The SMILES string of the molecule is C=CC(=O)Nc1ccc(-c2nc(OC[C@]3(C)CCCN3C)nc3c2CCN(c2cccc4cccc(C)c24)C3)cc1. The zero-order valence-corrected chi connectivity index (χ0v) is 24.1. The Morgan fingerprint density at radius 3 is 2.61 bits per heavy atom. The third kappa shape index (κ3) is 5.30. The number of fused-ring (bicyclic) bond motifs is 2. The number of benzene rings is 3. The zero-order chi connectivity index (χ0) is 28.6. The Morgan fingerprint density at radius 1 is 1.10 bits per heavy atom. The predicted molar refractivity (Wildman–Crippen MR) is 165 cm³/mol. The Hall–Kier alpha value is -4.23. The van der Waals surface area contributed by atoms with Gasteiger partial charge < -0.3 is 15.0 Å². The van der Waals surface area contributed by atoms with Crippen molar-refractivity contribution in [3.8, 4) is 17.3 Å². The maximum atomic E-state index is 11.8. The summed E-state index contributed by atoms with van der Waals surface area (Å²) < 4.78 is 6.36. The van der Waals surface area contributed by atoms with Gasteiger partial charge in [0.15, 0.2) is 0 Å². The average Bonchev–Trinajstić information content (AvgIpc) is 3.33. The quantitative estimate of drug-likeness (QED) is 0.280. The van der Waals surface area contributed by atoms with Gasteiger partial charge in [0.2, 0.25) is 5.91 Å². The van der Waals surface area contributed by atoms with Crippen molar-refractivity contribution < 1.29 is 9.53 Å². The van der Waals surface area contributed by atoms with Gasteiger partial charge >= 0.3 is 6.01 Å². The van der Waals surface area contributed by atoms with Crippen LogP contribution in [-0.4, -0.2) is 53.1 Å². The number of aromatic nitrogens is 2. The molecule has 0 saturated carbocycles. The van der Waals surface area contributed by atoms with E-state index in [1.165, 1.54) is 34.5 Å². The van der Waals surface area contributed by atoms with Crippen LogP contribution in [0.15, 0.2) is 73.3 Å². The highest BCUT2D eigenvalue weighted by Gasteiger charge is 2.35. The normalized spacial score (nSPS) is 18.8. The number of hydrogen-bond acceptors (Lipinski definition) is 6. The molecular weight excluding hydrogens is 510 g/mol. The second kappa shape index (κ2) is 11.0. The Bertz CT molecular complexity index is 1610. The number of hydrogen-bond donors (Lipinski definition) is 1. The molecule has 1 atom stereocenters. The lowest BCUT2D eigenvalue weighted by Crippen LogP contribution is -2.43. The van der Waals surface area contributed by atoms with Crippen LogP contribution in [0.4, 0.5) is 11.4 Å². The van der Waals surface area contributed by atoms with Crippen molar-refractivity contribution in [2.45, 2.75) is 45.2 Å². The van der Waals surface area contributed by atoms with Crippen LogP contribution in [0.25, 0.3) is 22.0 Å². The fourth-order valence-corrected chi connectivity index (χ4v) is 6.15. The lowest BCUT2D eigenvalue weighted by molar-refractivity contribution is -0.111. The molecule has 0 aliphatic carbocycles. The molecule has 3 aromatic carbocycles. The van der Waals surface area contributed by atoms with Crippen molar-refractivity contribution in [1.82, 2.24) is 14.9 Å². The van der Waals surface area contributed by atoms with E-state index in [1.807, 2.05) is 24.3 Å². The predicted octanol–water partition coefficient (Wildman–Crippen LogP) is 6.16. The molecule has 4 aromatic rings. The van der Waals surface area contributed by atoms with Crippen molar-refractivity contribution >= 4 is 28.1 Å². The van der Waals surface area contributed by atoms with Crippen molar-refractivity contribution in [1.29, 1.82) is 0 Å². The van der Waals surface area contributed by atoms with Gasteiger partial charge in [-0.15, -0.1) is 0 Å². The maximum Gasteiger partial charge on any atom is 0.317 e. The number of likely N-dealkylation sites (tertiary alicyclic amines) is 1. The number of amides is 1. The van der Waals surface area contributed by atoms with E-state index in [2.05, 4.69) is 79.0 Å². The van der Waals surface area contributed by atoms with Gasteiger partial charge in [-0.25, -0.2) is 0 Å². The van der Waals surface area contributed by atoms with Crippen molar-refractivity contribution in [3.63, 3.8) is 0 Å². The summed E-state index contributed by atoms with van der Waals surface area (Å²) in [6.45, 7) is 11.1. The molecule has 6 rings (SSSR count). The number of nitrogens with one attached hydrogen (secondary N) is 1. The summed E-state index contributed by atoms with van der Waals surface area (Å²) >= 11 is 0. The number of ether oxygens (including phenoxy) is 1. The van der Waals surface area contributed by atoms with E-state index in [9.17, 15) is 4.79 Å². The summed E-state index contributed by atoms with van der Waals surface area (Å²) in [6.07, 6.45) is 4.35. The minimum Gasteiger partial charge on any atom is -0.461 e. The molecular formula is C34H37N5O2. The van der Waals surface area contributed by atoms with Crippen LogP contribution in [0.5, 0.6) is 6.01 Å². The summed E-state index contributed by atoms with van der Waals surface area (Å²) in [5.74, 6) is -0.234. The molecule has 0 radical (unpaired) electrons. The van der Waals surface area contributed by atoms with Crippen LogP contribution in [0.2, 0.25) is 0 Å². The first kappa shape index (κ1) is 27.0. The van der Waals surface area contributed by atoms with Crippen molar-refractivity contribution in [2.24, 2.45) is 0 Å². The molecule has 1 N–H and O–H groups in total. The Morgan fingerprint density at radius 2 is 1.88 bits per heavy atom. The van der Waals surface area contributed by atoms with Crippen molar-refractivity contribution in [2.75, 3.05) is 37.0 Å². The molecule has 7 nitrogen and oxygen atoms in total. The van der Waals surface area contributed by atoms with E-state index < -0.39 is 0 Å². The standard InChI is InChI=1S/C34H37N5O2/c1-5-30(40)35-26-15-13-25(14-16-26)32-27-17-20-39(29-12-7-11-24-10-6-9-23(2)31(24)29)21-28(27)36-33(37-32)41-22-34(3)18-8-19-38(34)4/h5-7,9-16H,1,8,17-22H2,2-4H3,(H,35,40)/t34-/m0/s1. The number of aryl methyl sites for hydroxylation is 1. The Labute approximate surface area is 241 Å². The third-order valence-electron chi connectivity index (χ3n) is 8.73. The van der Waals surface area contributed by atoms with Gasteiger partial charge in [0.05, 0.1) is 23.5 Å². The van der Waals surface area contributed by atoms with Gasteiger partial charge in [0.1, 0.15) is 6.61 Å². The van der Waals surface area contributed by atoms with Crippen LogP contribution in [0.1, 0.15) is 36.6 Å². The number of carbonyl (C=O) groups is 1. The topological polar surface area (TPSA) is 70.6 Å². The number of rotatable bonds is 7. The first-order valence-corrected chi connectivity index (χ1v) is 14.4. The summed E-state index contributed by atoms with van der Waals surface area (Å²) in [5, 5.41) is 5.36. The molecule has 0 spiro atoms. The van der Waals surface area contributed by atoms with Gasteiger partial charge in [0.25, 0.3) is 0 Å². The molecule has 7 heteroatoms. The molecule has 2 aliphatic heterocycles. The number of nitrogens with zero attached hydrogens (tertiary/aromatic N) is 4.